The Morgan fingerprint density at radius 2 is 1.70 bits per heavy atom. The summed E-state index contributed by atoms with van der Waals surface area (Å²) in [4.78, 5) is 20.5. The first kappa shape index (κ1) is 18.8. The second-order valence-electron chi connectivity index (χ2n) is 6.86. The zero-order chi connectivity index (χ0) is 19.2. The van der Waals surface area contributed by atoms with Crippen LogP contribution in [0.15, 0.2) is 53.3 Å². The molecule has 1 aromatic carbocycles. The number of aryl methyl sites for hydroxylation is 1. The second-order valence-corrected chi connectivity index (χ2v) is 6.86. The minimum absolute atomic E-state index is 0.0425. The van der Waals surface area contributed by atoms with Crippen LogP contribution in [0.1, 0.15) is 56.2 Å². The number of carbonyl (C=O) groups excluding carboxylic acids is 1. The van der Waals surface area contributed by atoms with Crippen molar-refractivity contribution in [1.29, 1.82) is 0 Å². The fourth-order valence-corrected chi connectivity index (χ4v) is 2.76. The van der Waals surface area contributed by atoms with Crippen LogP contribution < -0.4 is 5.32 Å². The first-order valence-electron chi connectivity index (χ1n) is 9.15. The number of amides is 1. The van der Waals surface area contributed by atoms with Crippen LogP contribution in [0.4, 0.5) is 0 Å². The van der Waals surface area contributed by atoms with Crippen molar-refractivity contribution < 1.29 is 9.32 Å². The van der Waals surface area contributed by atoms with Gasteiger partial charge in [-0.25, -0.2) is 0 Å². The molecule has 0 radical (unpaired) electrons. The van der Waals surface area contributed by atoms with Gasteiger partial charge in [-0.1, -0.05) is 43.3 Å². The Labute approximate surface area is 159 Å². The van der Waals surface area contributed by atoms with Gasteiger partial charge in [0.2, 0.25) is 17.6 Å². The molecule has 0 bridgehead atoms. The molecule has 2 heterocycles. The molecular formula is C21H24N4O2. The van der Waals surface area contributed by atoms with Crippen molar-refractivity contribution in [2.75, 3.05) is 0 Å². The van der Waals surface area contributed by atoms with Gasteiger partial charge in [-0.05, 0) is 36.1 Å². The third-order valence-electron chi connectivity index (χ3n) is 4.45. The van der Waals surface area contributed by atoms with Crippen LogP contribution in [-0.4, -0.2) is 21.0 Å². The van der Waals surface area contributed by atoms with E-state index in [1.54, 1.807) is 12.4 Å². The van der Waals surface area contributed by atoms with Gasteiger partial charge in [0, 0.05) is 30.8 Å². The Hall–Kier alpha value is -3.02. The maximum absolute atomic E-state index is 12.2. The molecule has 0 saturated carbocycles. The molecule has 1 unspecified atom stereocenters. The maximum Gasteiger partial charge on any atom is 0.227 e. The van der Waals surface area contributed by atoms with Crippen LogP contribution in [0.3, 0.4) is 0 Å². The van der Waals surface area contributed by atoms with E-state index in [2.05, 4.69) is 58.6 Å². The molecule has 27 heavy (non-hydrogen) atoms. The lowest BCUT2D eigenvalue weighted by atomic mass is 9.99. The lowest BCUT2D eigenvalue weighted by Gasteiger charge is -2.15. The van der Waals surface area contributed by atoms with E-state index in [1.807, 2.05) is 19.1 Å². The lowest BCUT2D eigenvalue weighted by Crippen LogP contribution is -2.26. The van der Waals surface area contributed by atoms with E-state index < -0.39 is 0 Å². The molecule has 2 aromatic heterocycles. The van der Waals surface area contributed by atoms with Crippen LogP contribution in [0.25, 0.3) is 11.4 Å². The molecule has 0 spiro atoms. The van der Waals surface area contributed by atoms with Crippen molar-refractivity contribution >= 4 is 5.91 Å². The molecule has 0 aliphatic heterocycles. The van der Waals surface area contributed by atoms with E-state index in [0.29, 0.717) is 30.5 Å². The summed E-state index contributed by atoms with van der Waals surface area (Å²) >= 11 is 0. The molecule has 1 atom stereocenters. The summed E-state index contributed by atoms with van der Waals surface area (Å²) in [5, 5.41) is 6.97. The Kier molecular flexibility index (Phi) is 5.96. The third kappa shape index (κ3) is 5.00. The van der Waals surface area contributed by atoms with Gasteiger partial charge < -0.3 is 9.84 Å². The summed E-state index contributed by atoms with van der Waals surface area (Å²) in [7, 11) is 0. The number of pyridine rings is 1. The van der Waals surface area contributed by atoms with Crippen molar-refractivity contribution in [3.63, 3.8) is 0 Å². The fourth-order valence-electron chi connectivity index (χ4n) is 2.76. The number of hydrogen-bond acceptors (Lipinski definition) is 5. The summed E-state index contributed by atoms with van der Waals surface area (Å²) in [5.41, 5.74) is 3.21. The summed E-state index contributed by atoms with van der Waals surface area (Å²) in [5.74, 6) is 1.41. The van der Waals surface area contributed by atoms with Crippen molar-refractivity contribution in [1.82, 2.24) is 20.4 Å². The minimum atomic E-state index is -0.0474. The monoisotopic (exact) mass is 364 g/mol. The van der Waals surface area contributed by atoms with E-state index in [1.165, 1.54) is 5.56 Å². The second kappa shape index (κ2) is 8.58. The highest BCUT2D eigenvalue weighted by molar-refractivity contribution is 5.76. The van der Waals surface area contributed by atoms with Crippen molar-refractivity contribution in [2.24, 2.45) is 0 Å². The third-order valence-corrected chi connectivity index (χ3v) is 4.45. The zero-order valence-electron chi connectivity index (χ0n) is 15.8. The van der Waals surface area contributed by atoms with Crippen LogP contribution in [0.5, 0.6) is 0 Å². The number of benzene rings is 1. The molecule has 0 fully saturated rings. The molecule has 6 heteroatoms. The first-order valence-corrected chi connectivity index (χ1v) is 9.15. The van der Waals surface area contributed by atoms with Crippen LogP contribution in [0.2, 0.25) is 0 Å². The number of nitrogens with zero attached hydrogens (tertiary/aromatic N) is 3. The molecule has 0 aliphatic carbocycles. The van der Waals surface area contributed by atoms with Gasteiger partial charge in [-0.2, -0.15) is 4.98 Å². The van der Waals surface area contributed by atoms with Gasteiger partial charge in [-0.3, -0.25) is 9.78 Å². The van der Waals surface area contributed by atoms with E-state index >= 15 is 0 Å². The molecule has 0 saturated heterocycles. The number of rotatable bonds is 7. The van der Waals surface area contributed by atoms with Crippen molar-refractivity contribution in [3.8, 4) is 11.4 Å². The largest absolute Gasteiger partial charge is 0.350 e. The standard InChI is InChI=1S/C21H24N4O2/c1-14(2)16-4-6-17(7-5-16)15(3)23-19(26)8-9-20-24-21(25-27-20)18-10-12-22-13-11-18/h4-7,10-15H,8-9H2,1-3H3,(H,23,26). The van der Waals surface area contributed by atoms with Crippen molar-refractivity contribution in [3.05, 3.63) is 65.8 Å². The van der Waals surface area contributed by atoms with E-state index in [4.69, 9.17) is 4.52 Å². The highest BCUT2D eigenvalue weighted by atomic mass is 16.5. The number of nitrogens with one attached hydrogen (secondary N) is 1. The average Bonchev–Trinajstić information content (AvgIpc) is 3.16. The van der Waals surface area contributed by atoms with Crippen LogP contribution in [0, 0.1) is 0 Å². The van der Waals surface area contributed by atoms with Crippen LogP contribution >= 0.6 is 0 Å². The van der Waals surface area contributed by atoms with E-state index in [0.717, 1.165) is 11.1 Å². The quantitative estimate of drug-likeness (QED) is 0.683. The molecule has 1 N–H and O–H groups in total. The summed E-state index contributed by atoms with van der Waals surface area (Å²) in [6.07, 6.45) is 4.05. The first-order chi connectivity index (χ1) is 13.0. The predicted octanol–water partition coefficient (Wildman–Crippen LogP) is 4.07. The summed E-state index contributed by atoms with van der Waals surface area (Å²) < 4.78 is 5.23. The highest BCUT2D eigenvalue weighted by Crippen LogP contribution is 2.19. The molecule has 140 valence electrons. The molecular weight excluding hydrogens is 340 g/mol. The maximum atomic E-state index is 12.2. The smallest absolute Gasteiger partial charge is 0.227 e. The van der Waals surface area contributed by atoms with Gasteiger partial charge in [0.15, 0.2) is 0 Å². The Morgan fingerprint density at radius 3 is 2.37 bits per heavy atom. The minimum Gasteiger partial charge on any atom is -0.350 e. The van der Waals surface area contributed by atoms with Crippen molar-refractivity contribution in [2.45, 2.75) is 45.6 Å². The number of hydrogen-bond donors (Lipinski definition) is 1. The summed E-state index contributed by atoms with van der Waals surface area (Å²) in [6.45, 7) is 6.31. The Bertz CT molecular complexity index is 873. The Morgan fingerprint density at radius 1 is 1.04 bits per heavy atom. The molecule has 6 nitrogen and oxygen atoms in total. The highest BCUT2D eigenvalue weighted by Gasteiger charge is 2.13. The topological polar surface area (TPSA) is 80.9 Å². The van der Waals surface area contributed by atoms with Gasteiger partial charge in [0.25, 0.3) is 0 Å². The number of aromatic nitrogens is 3. The average molecular weight is 364 g/mol. The lowest BCUT2D eigenvalue weighted by molar-refractivity contribution is -0.121. The van der Waals surface area contributed by atoms with Gasteiger partial charge in [0.05, 0.1) is 6.04 Å². The normalized spacial score (nSPS) is 12.1. The number of carbonyl (C=O) groups is 1. The van der Waals surface area contributed by atoms with Gasteiger partial charge in [0.1, 0.15) is 0 Å². The SMILES string of the molecule is CC(C)c1ccc(C(C)NC(=O)CCc2nc(-c3ccncc3)no2)cc1. The van der Waals surface area contributed by atoms with Crippen LogP contribution in [-0.2, 0) is 11.2 Å². The summed E-state index contributed by atoms with van der Waals surface area (Å²) in [6, 6.07) is 11.9. The molecule has 1 amide bonds. The fraction of sp³-hybridized carbons (Fsp3) is 0.333. The van der Waals surface area contributed by atoms with E-state index in [9.17, 15) is 4.79 Å². The zero-order valence-corrected chi connectivity index (χ0v) is 15.8. The molecule has 3 rings (SSSR count). The van der Waals surface area contributed by atoms with E-state index in [-0.39, 0.29) is 11.9 Å². The van der Waals surface area contributed by atoms with Gasteiger partial charge >= 0.3 is 0 Å². The predicted molar refractivity (Wildman–Crippen MR) is 103 cm³/mol. The van der Waals surface area contributed by atoms with Gasteiger partial charge in [-0.15, -0.1) is 0 Å². The molecule has 3 aromatic rings. The Balaban J connectivity index is 1.51. The molecule has 0 aliphatic rings.